The molecule has 0 saturated heterocycles. The van der Waals surface area contributed by atoms with Crippen molar-refractivity contribution < 1.29 is 32.9 Å². The summed E-state index contributed by atoms with van der Waals surface area (Å²) in [6.07, 6.45) is 2.74. The molecule has 0 bridgehead atoms. The van der Waals surface area contributed by atoms with Gasteiger partial charge in [-0.05, 0) is 12.2 Å². The van der Waals surface area contributed by atoms with Crippen LogP contribution in [-0.2, 0) is 18.6 Å². The summed E-state index contributed by atoms with van der Waals surface area (Å²) in [5, 5.41) is 0. The highest BCUT2D eigenvalue weighted by molar-refractivity contribution is 7.99. The van der Waals surface area contributed by atoms with E-state index in [0.29, 0.717) is 10.9 Å². The predicted molar refractivity (Wildman–Crippen MR) is 94.6 cm³/mol. The molecule has 0 aliphatic carbocycles. The molecule has 0 aromatic heterocycles. The second-order valence-electron chi connectivity index (χ2n) is 6.82. The molecular weight excluding hydrogens is 353 g/mol. The number of unbranched alkanes of at least 4 members (excludes halogenated alkanes) is 1. The lowest BCUT2D eigenvalue weighted by Gasteiger charge is -2.34. The Morgan fingerprint density at radius 3 is 2.50 bits per heavy atom. The molecule has 1 N–H and O–H groups in total. The van der Waals surface area contributed by atoms with Crippen molar-refractivity contribution in [3.8, 4) is 0 Å². The summed E-state index contributed by atoms with van der Waals surface area (Å²) in [6.45, 7) is 4.03. The van der Waals surface area contributed by atoms with E-state index in [2.05, 4.69) is 11.4 Å². The van der Waals surface area contributed by atoms with Gasteiger partial charge in [-0.25, -0.2) is 0 Å². The molecule has 144 valence electrons. The highest BCUT2D eigenvalue weighted by Crippen LogP contribution is 2.31. The quantitative estimate of drug-likeness (QED) is 0.223. The van der Waals surface area contributed by atoms with Crippen molar-refractivity contribution in [1.29, 1.82) is 0 Å². The molecule has 0 saturated carbocycles. The van der Waals surface area contributed by atoms with Gasteiger partial charge in [0.1, 0.15) is 12.6 Å². The first-order valence-electron chi connectivity index (χ1n) is 8.21. The average molecular weight is 385 g/mol. The molecular formula is C15H32NO6PS. The molecule has 0 rings (SSSR count). The van der Waals surface area contributed by atoms with Crippen molar-refractivity contribution in [2.75, 3.05) is 45.9 Å². The third kappa shape index (κ3) is 12.3. The summed E-state index contributed by atoms with van der Waals surface area (Å²) in [6, 6.07) is -0.221. The standard InChI is InChI=1S/C15H32NO6PS/c1-6-7-10-24-12-13(2)15(17)21-9-8-14(16(3,4)5)11-22-23(18,19)20/h13-14H,6-12H2,1-5H3,(H-,18,19,20). The number of quaternary nitrogens is 1. The van der Waals surface area contributed by atoms with Crippen LogP contribution in [0, 0.1) is 5.92 Å². The fourth-order valence-electron chi connectivity index (χ4n) is 1.89. The van der Waals surface area contributed by atoms with Gasteiger partial charge in [0.15, 0.2) is 0 Å². The smallest absolute Gasteiger partial charge is 0.309 e. The van der Waals surface area contributed by atoms with E-state index in [1.807, 2.05) is 28.1 Å². The van der Waals surface area contributed by atoms with Crippen molar-refractivity contribution in [3.05, 3.63) is 0 Å². The SMILES string of the molecule is CCCCSCC(C)C(=O)OCCC(COP(=O)([O-])O)[N+](C)(C)C. The number of ether oxygens (including phenoxy) is 1. The number of carbonyl (C=O) groups excluding carboxylic acids is 1. The molecule has 0 aromatic rings. The Morgan fingerprint density at radius 1 is 1.38 bits per heavy atom. The Kier molecular flexibility index (Phi) is 11.4. The first kappa shape index (κ1) is 23.9. The summed E-state index contributed by atoms with van der Waals surface area (Å²) in [7, 11) is 0.910. The highest BCUT2D eigenvalue weighted by atomic mass is 32.2. The lowest BCUT2D eigenvalue weighted by molar-refractivity contribution is -0.896. The number of thioether (sulfide) groups is 1. The number of hydrogen-bond donors (Lipinski definition) is 1. The molecule has 3 atom stereocenters. The van der Waals surface area contributed by atoms with Crippen LogP contribution in [0.3, 0.4) is 0 Å². The van der Waals surface area contributed by atoms with Crippen molar-refractivity contribution in [2.24, 2.45) is 5.92 Å². The van der Waals surface area contributed by atoms with Crippen LogP contribution < -0.4 is 4.89 Å². The van der Waals surface area contributed by atoms with Gasteiger partial charge in [-0.2, -0.15) is 11.8 Å². The minimum absolute atomic E-state index is 0.152. The zero-order valence-corrected chi connectivity index (χ0v) is 17.1. The molecule has 3 unspecified atom stereocenters. The van der Waals surface area contributed by atoms with Crippen LogP contribution >= 0.6 is 19.6 Å². The lowest BCUT2D eigenvalue weighted by Crippen LogP contribution is -2.48. The third-order valence-corrected chi connectivity index (χ3v) is 5.42. The van der Waals surface area contributed by atoms with E-state index in [1.54, 1.807) is 11.8 Å². The molecule has 0 radical (unpaired) electrons. The minimum Gasteiger partial charge on any atom is -0.756 e. The Morgan fingerprint density at radius 2 is 2.00 bits per heavy atom. The first-order chi connectivity index (χ1) is 11.0. The van der Waals surface area contributed by atoms with Gasteiger partial charge in [-0.3, -0.25) is 9.36 Å². The van der Waals surface area contributed by atoms with Gasteiger partial charge in [0.2, 0.25) is 0 Å². The van der Waals surface area contributed by atoms with Gasteiger partial charge in [0.25, 0.3) is 7.82 Å². The number of carbonyl (C=O) groups is 1. The maximum absolute atomic E-state index is 11.9. The molecule has 9 heteroatoms. The van der Waals surface area contributed by atoms with Crippen LogP contribution in [0.25, 0.3) is 0 Å². The minimum atomic E-state index is -4.75. The number of rotatable bonds is 13. The molecule has 0 heterocycles. The van der Waals surface area contributed by atoms with Gasteiger partial charge in [-0.1, -0.05) is 20.3 Å². The van der Waals surface area contributed by atoms with Crippen molar-refractivity contribution in [3.63, 3.8) is 0 Å². The molecule has 0 amide bonds. The van der Waals surface area contributed by atoms with E-state index >= 15 is 0 Å². The number of likely N-dealkylation sites (N-methyl/N-ethyl adjacent to an activating group) is 1. The number of phosphoric acid groups is 1. The Labute approximate surface area is 149 Å². The first-order valence-corrected chi connectivity index (χ1v) is 10.9. The summed E-state index contributed by atoms with van der Waals surface area (Å²) in [4.78, 5) is 31.4. The van der Waals surface area contributed by atoms with Crippen molar-refractivity contribution >= 4 is 25.6 Å². The topological polar surface area (TPSA) is 95.9 Å². The third-order valence-electron chi connectivity index (χ3n) is 3.63. The zero-order chi connectivity index (χ0) is 18.8. The molecule has 0 aliphatic rings. The second-order valence-corrected chi connectivity index (χ2v) is 9.17. The number of hydrogen-bond acceptors (Lipinski definition) is 6. The fourth-order valence-corrected chi connectivity index (χ4v) is 3.40. The molecule has 7 nitrogen and oxygen atoms in total. The van der Waals surface area contributed by atoms with E-state index in [1.165, 1.54) is 0 Å². The van der Waals surface area contributed by atoms with Crippen LogP contribution in [0.1, 0.15) is 33.1 Å². The predicted octanol–water partition coefficient (Wildman–Crippen LogP) is 1.64. The number of esters is 1. The van der Waals surface area contributed by atoms with E-state index in [4.69, 9.17) is 9.63 Å². The second kappa shape index (κ2) is 11.5. The molecule has 0 aliphatic heterocycles. The zero-order valence-electron chi connectivity index (χ0n) is 15.4. The molecule has 24 heavy (non-hydrogen) atoms. The Bertz CT molecular complexity index is 409. The Hall–Kier alpha value is -0.110. The van der Waals surface area contributed by atoms with E-state index in [0.717, 1.165) is 24.3 Å². The van der Waals surface area contributed by atoms with E-state index < -0.39 is 7.82 Å². The monoisotopic (exact) mass is 385 g/mol. The highest BCUT2D eigenvalue weighted by Gasteiger charge is 2.26. The average Bonchev–Trinajstić information content (AvgIpc) is 2.44. The number of nitrogens with zero attached hydrogens (tertiary/aromatic N) is 1. The molecule has 0 fully saturated rings. The largest absolute Gasteiger partial charge is 0.756 e. The Balaban J connectivity index is 4.21. The summed E-state index contributed by atoms with van der Waals surface area (Å²) < 4.78 is 21.0. The maximum atomic E-state index is 11.9. The van der Waals surface area contributed by atoms with Crippen LogP contribution in [-0.4, -0.2) is 67.3 Å². The van der Waals surface area contributed by atoms with Gasteiger partial charge in [0, 0.05) is 12.2 Å². The summed E-state index contributed by atoms with van der Waals surface area (Å²) >= 11 is 1.75. The summed E-state index contributed by atoms with van der Waals surface area (Å²) in [5.74, 6) is 1.39. The van der Waals surface area contributed by atoms with Crippen LogP contribution in [0.5, 0.6) is 0 Å². The fraction of sp³-hybridized carbons (Fsp3) is 0.933. The van der Waals surface area contributed by atoms with E-state index in [9.17, 15) is 14.3 Å². The maximum Gasteiger partial charge on any atom is 0.309 e. The lowest BCUT2D eigenvalue weighted by atomic mass is 10.2. The van der Waals surface area contributed by atoms with Gasteiger partial charge in [-0.15, -0.1) is 0 Å². The van der Waals surface area contributed by atoms with E-state index in [-0.39, 0.29) is 31.1 Å². The van der Waals surface area contributed by atoms with Gasteiger partial charge in [0.05, 0.1) is 33.7 Å². The normalized spacial score (nSPS) is 17.1. The van der Waals surface area contributed by atoms with Crippen LogP contribution in [0.4, 0.5) is 0 Å². The van der Waals surface area contributed by atoms with Gasteiger partial charge < -0.3 is 23.5 Å². The summed E-state index contributed by atoms with van der Waals surface area (Å²) in [5.41, 5.74) is 0. The van der Waals surface area contributed by atoms with Gasteiger partial charge >= 0.3 is 5.97 Å². The number of phosphoric ester groups is 1. The van der Waals surface area contributed by atoms with Crippen molar-refractivity contribution in [2.45, 2.75) is 39.2 Å². The van der Waals surface area contributed by atoms with Crippen LogP contribution in [0.2, 0.25) is 0 Å². The van der Waals surface area contributed by atoms with Crippen LogP contribution in [0.15, 0.2) is 0 Å². The molecule has 0 aromatic carbocycles. The van der Waals surface area contributed by atoms with Crippen molar-refractivity contribution in [1.82, 2.24) is 0 Å². The molecule has 0 spiro atoms.